The van der Waals surface area contributed by atoms with Crippen LogP contribution < -0.4 is 0 Å². The number of esters is 1. The molecule has 0 heterocycles. The highest BCUT2D eigenvalue weighted by molar-refractivity contribution is 5.72. The number of methoxy groups -OCH3 is 2. The summed E-state index contributed by atoms with van der Waals surface area (Å²) in [4.78, 5) is 11.5. The van der Waals surface area contributed by atoms with Gasteiger partial charge >= 0.3 is 5.97 Å². The van der Waals surface area contributed by atoms with Gasteiger partial charge in [-0.2, -0.15) is 0 Å². The molecule has 14 heavy (non-hydrogen) atoms. The first-order valence-corrected chi connectivity index (χ1v) is 4.93. The summed E-state index contributed by atoms with van der Waals surface area (Å²) in [6.07, 6.45) is 1.10. The van der Waals surface area contributed by atoms with E-state index in [1.807, 2.05) is 6.92 Å². The first-order valence-electron chi connectivity index (χ1n) is 4.93. The molecule has 1 atom stereocenters. The summed E-state index contributed by atoms with van der Waals surface area (Å²) in [6.45, 7) is 4.18. The van der Waals surface area contributed by atoms with E-state index in [0.717, 1.165) is 6.42 Å². The van der Waals surface area contributed by atoms with Gasteiger partial charge in [0.1, 0.15) is 5.92 Å². The molecule has 0 fully saturated rings. The molecule has 0 amide bonds. The van der Waals surface area contributed by atoms with Crippen molar-refractivity contribution >= 4 is 5.97 Å². The maximum absolute atomic E-state index is 11.5. The molecule has 0 saturated carbocycles. The van der Waals surface area contributed by atoms with Crippen LogP contribution in [0.3, 0.4) is 0 Å². The first kappa shape index (κ1) is 13.4. The van der Waals surface area contributed by atoms with Crippen LogP contribution in [0.15, 0.2) is 0 Å². The molecule has 84 valence electrons. The second-order valence-corrected chi connectivity index (χ2v) is 2.99. The number of hydrogen-bond acceptors (Lipinski definition) is 4. The maximum Gasteiger partial charge on any atom is 0.314 e. The van der Waals surface area contributed by atoms with E-state index in [2.05, 4.69) is 0 Å². The average Bonchev–Trinajstić information content (AvgIpc) is 2.18. The summed E-state index contributed by atoms with van der Waals surface area (Å²) in [5, 5.41) is 0. The lowest BCUT2D eigenvalue weighted by molar-refractivity contribution is -0.177. The Kier molecular flexibility index (Phi) is 7.42. The van der Waals surface area contributed by atoms with Crippen LogP contribution in [-0.2, 0) is 19.0 Å². The Morgan fingerprint density at radius 1 is 1.21 bits per heavy atom. The summed E-state index contributed by atoms with van der Waals surface area (Å²) in [6, 6.07) is 0. The fraction of sp³-hybridized carbons (Fsp3) is 0.900. The highest BCUT2D eigenvalue weighted by Crippen LogP contribution is 2.16. The van der Waals surface area contributed by atoms with Crippen molar-refractivity contribution in [1.29, 1.82) is 0 Å². The molecule has 0 aromatic carbocycles. The highest BCUT2D eigenvalue weighted by Gasteiger charge is 2.28. The van der Waals surface area contributed by atoms with E-state index in [1.165, 1.54) is 14.2 Å². The van der Waals surface area contributed by atoms with Crippen molar-refractivity contribution in [3.05, 3.63) is 0 Å². The third-order valence-corrected chi connectivity index (χ3v) is 1.98. The van der Waals surface area contributed by atoms with Crippen molar-refractivity contribution in [2.45, 2.75) is 33.0 Å². The lowest BCUT2D eigenvalue weighted by Crippen LogP contribution is -2.32. The van der Waals surface area contributed by atoms with Crippen molar-refractivity contribution in [3.63, 3.8) is 0 Å². The highest BCUT2D eigenvalue weighted by atomic mass is 16.7. The lowest BCUT2D eigenvalue weighted by Gasteiger charge is -2.22. The SMILES string of the molecule is CCCC(C(=O)OCC)C(OC)OC. The molecular formula is C10H20O4. The predicted molar refractivity (Wildman–Crippen MR) is 52.8 cm³/mol. The number of hydrogen-bond donors (Lipinski definition) is 0. The predicted octanol–water partition coefficient (Wildman–Crippen LogP) is 1.58. The summed E-state index contributed by atoms with van der Waals surface area (Å²) in [5.74, 6) is -0.571. The Balaban J connectivity index is 4.31. The van der Waals surface area contributed by atoms with Crippen molar-refractivity contribution < 1.29 is 19.0 Å². The second kappa shape index (κ2) is 7.76. The van der Waals surface area contributed by atoms with Crippen LogP contribution in [0.5, 0.6) is 0 Å². The molecule has 0 aliphatic heterocycles. The lowest BCUT2D eigenvalue weighted by atomic mass is 10.0. The van der Waals surface area contributed by atoms with Crippen molar-refractivity contribution in [2.75, 3.05) is 20.8 Å². The number of carbonyl (C=O) groups is 1. The molecule has 0 spiro atoms. The largest absolute Gasteiger partial charge is 0.466 e. The molecule has 4 nitrogen and oxygen atoms in total. The first-order chi connectivity index (χ1) is 6.71. The Hall–Kier alpha value is -0.610. The third kappa shape index (κ3) is 4.07. The summed E-state index contributed by atoms with van der Waals surface area (Å²) in [7, 11) is 3.05. The summed E-state index contributed by atoms with van der Waals surface area (Å²) in [5.41, 5.74) is 0. The summed E-state index contributed by atoms with van der Waals surface area (Å²) < 4.78 is 15.1. The van der Waals surface area contributed by atoms with Crippen LogP contribution in [-0.4, -0.2) is 33.1 Å². The molecule has 0 aromatic heterocycles. The Morgan fingerprint density at radius 2 is 1.79 bits per heavy atom. The monoisotopic (exact) mass is 204 g/mol. The molecule has 0 N–H and O–H groups in total. The van der Waals surface area contributed by atoms with Crippen molar-refractivity contribution in [1.82, 2.24) is 0 Å². The van der Waals surface area contributed by atoms with E-state index in [-0.39, 0.29) is 11.9 Å². The minimum absolute atomic E-state index is 0.247. The van der Waals surface area contributed by atoms with Gasteiger partial charge < -0.3 is 14.2 Å². The zero-order valence-corrected chi connectivity index (χ0v) is 9.41. The summed E-state index contributed by atoms with van der Waals surface area (Å²) >= 11 is 0. The second-order valence-electron chi connectivity index (χ2n) is 2.99. The molecule has 4 heteroatoms. The van der Waals surface area contributed by atoms with E-state index in [1.54, 1.807) is 6.92 Å². The van der Waals surface area contributed by atoms with Gasteiger partial charge in [-0.1, -0.05) is 13.3 Å². The van der Waals surface area contributed by atoms with Gasteiger partial charge in [-0.25, -0.2) is 0 Å². The number of carbonyl (C=O) groups excluding carboxylic acids is 1. The molecule has 0 radical (unpaired) electrons. The van der Waals surface area contributed by atoms with Gasteiger partial charge in [0.15, 0.2) is 6.29 Å². The van der Waals surface area contributed by atoms with Gasteiger partial charge in [0.2, 0.25) is 0 Å². The maximum atomic E-state index is 11.5. The van der Waals surface area contributed by atoms with Crippen LogP contribution in [0, 0.1) is 5.92 Å². The number of rotatable bonds is 7. The normalized spacial score (nSPS) is 12.9. The molecule has 0 bridgehead atoms. The van der Waals surface area contributed by atoms with E-state index < -0.39 is 6.29 Å². The van der Waals surface area contributed by atoms with E-state index in [0.29, 0.717) is 13.0 Å². The van der Waals surface area contributed by atoms with Gasteiger partial charge in [-0.3, -0.25) is 4.79 Å². The zero-order valence-electron chi connectivity index (χ0n) is 9.41. The molecule has 0 aromatic rings. The fourth-order valence-electron chi connectivity index (χ4n) is 1.35. The van der Waals surface area contributed by atoms with Gasteiger partial charge in [0.05, 0.1) is 6.61 Å². The van der Waals surface area contributed by atoms with E-state index >= 15 is 0 Å². The zero-order chi connectivity index (χ0) is 11.0. The van der Waals surface area contributed by atoms with Crippen molar-refractivity contribution in [3.8, 4) is 0 Å². The smallest absolute Gasteiger partial charge is 0.314 e. The molecule has 0 aliphatic carbocycles. The fourth-order valence-corrected chi connectivity index (χ4v) is 1.35. The van der Waals surface area contributed by atoms with Gasteiger partial charge in [-0.15, -0.1) is 0 Å². The topological polar surface area (TPSA) is 44.8 Å². The van der Waals surface area contributed by atoms with Crippen LogP contribution in [0.4, 0.5) is 0 Å². The minimum Gasteiger partial charge on any atom is -0.466 e. The Bertz CT molecular complexity index is 154. The van der Waals surface area contributed by atoms with E-state index in [4.69, 9.17) is 14.2 Å². The molecule has 0 rings (SSSR count). The minimum atomic E-state index is -0.506. The molecule has 0 saturated heterocycles. The molecule has 1 unspecified atom stereocenters. The average molecular weight is 204 g/mol. The van der Waals surface area contributed by atoms with Gasteiger partial charge in [0.25, 0.3) is 0 Å². The van der Waals surface area contributed by atoms with Crippen LogP contribution in [0.25, 0.3) is 0 Å². The van der Waals surface area contributed by atoms with E-state index in [9.17, 15) is 4.79 Å². The number of ether oxygens (including phenoxy) is 3. The van der Waals surface area contributed by atoms with Crippen LogP contribution in [0.2, 0.25) is 0 Å². The van der Waals surface area contributed by atoms with Crippen molar-refractivity contribution in [2.24, 2.45) is 5.92 Å². The standard InChI is InChI=1S/C10H20O4/c1-5-7-8(9(11)14-6-2)10(12-3)13-4/h8,10H,5-7H2,1-4H3. The van der Waals surface area contributed by atoms with Gasteiger partial charge in [-0.05, 0) is 13.3 Å². The van der Waals surface area contributed by atoms with Gasteiger partial charge in [0, 0.05) is 14.2 Å². The Morgan fingerprint density at radius 3 is 2.14 bits per heavy atom. The Labute approximate surface area is 85.5 Å². The molecular weight excluding hydrogens is 184 g/mol. The quantitative estimate of drug-likeness (QED) is 0.466. The molecule has 0 aliphatic rings. The van der Waals surface area contributed by atoms with Crippen LogP contribution in [0.1, 0.15) is 26.7 Å². The third-order valence-electron chi connectivity index (χ3n) is 1.98. The van der Waals surface area contributed by atoms with Crippen LogP contribution >= 0.6 is 0 Å².